The van der Waals surface area contributed by atoms with E-state index >= 15 is 0 Å². The van der Waals surface area contributed by atoms with Crippen LogP contribution in [0.25, 0.3) is 0 Å². The van der Waals surface area contributed by atoms with Crippen molar-refractivity contribution in [3.05, 3.63) is 39.9 Å². The molecule has 0 bridgehead atoms. The molecule has 1 aromatic carbocycles. The van der Waals surface area contributed by atoms with Gasteiger partial charge in [0.05, 0.1) is 4.92 Å². The number of amides is 1. The van der Waals surface area contributed by atoms with Crippen molar-refractivity contribution in [1.82, 2.24) is 4.90 Å². The Morgan fingerprint density at radius 2 is 2.10 bits per heavy atom. The van der Waals surface area contributed by atoms with Crippen LogP contribution in [0, 0.1) is 10.1 Å². The Hall–Kier alpha value is -1.95. The van der Waals surface area contributed by atoms with Crippen LogP contribution in [0.5, 0.6) is 0 Å². The lowest BCUT2D eigenvalue weighted by Crippen LogP contribution is -2.25. The molecule has 20 heavy (non-hydrogen) atoms. The van der Waals surface area contributed by atoms with Crippen LogP contribution in [-0.2, 0) is 11.3 Å². The number of nitrogens with zero attached hydrogens (tertiary/aromatic N) is 2. The summed E-state index contributed by atoms with van der Waals surface area (Å²) in [6, 6.07) is 6.36. The summed E-state index contributed by atoms with van der Waals surface area (Å²) in [6.45, 7) is 1.04. The molecule has 0 aliphatic carbocycles. The van der Waals surface area contributed by atoms with Gasteiger partial charge in [-0.15, -0.1) is 0 Å². The molecule has 0 heterocycles. The van der Waals surface area contributed by atoms with Gasteiger partial charge in [-0.3, -0.25) is 14.9 Å². The minimum atomic E-state index is -0.432. The van der Waals surface area contributed by atoms with E-state index in [1.807, 2.05) is 0 Å². The Labute approximate surface area is 118 Å². The van der Waals surface area contributed by atoms with E-state index in [0.717, 1.165) is 24.8 Å². The molecule has 0 aliphatic rings. The molecule has 0 radical (unpaired) electrons. The van der Waals surface area contributed by atoms with Gasteiger partial charge < -0.3 is 10.6 Å². The predicted octanol–water partition coefficient (Wildman–Crippen LogP) is 2.07. The summed E-state index contributed by atoms with van der Waals surface area (Å²) in [5.41, 5.74) is 6.20. The molecule has 110 valence electrons. The largest absolute Gasteiger partial charge is 0.341 e. The van der Waals surface area contributed by atoms with Gasteiger partial charge in [0, 0.05) is 32.1 Å². The van der Waals surface area contributed by atoms with Crippen molar-refractivity contribution in [2.75, 3.05) is 13.6 Å². The van der Waals surface area contributed by atoms with Crippen LogP contribution in [0.1, 0.15) is 31.2 Å². The number of carbonyl (C=O) groups excluding carboxylic acids is 1. The second-order valence-electron chi connectivity index (χ2n) is 4.78. The number of unbranched alkanes of at least 4 members (excludes halogenated alkanes) is 2. The van der Waals surface area contributed by atoms with Crippen molar-refractivity contribution in [3.8, 4) is 0 Å². The first-order chi connectivity index (χ1) is 9.54. The van der Waals surface area contributed by atoms with Crippen LogP contribution in [0.2, 0.25) is 0 Å². The zero-order valence-corrected chi connectivity index (χ0v) is 11.7. The van der Waals surface area contributed by atoms with Gasteiger partial charge in [-0.1, -0.05) is 18.6 Å². The van der Waals surface area contributed by atoms with Crippen molar-refractivity contribution in [1.29, 1.82) is 0 Å². The van der Waals surface area contributed by atoms with E-state index in [9.17, 15) is 14.9 Å². The highest BCUT2D eigenvalue weighted by Crippen LogP contribution is 2.15. The number of carbonyl (C=O) groups is 1. The van der Waals surface area contributed by atoms with Crippen LogP contribution in [-0.4, -0.2) is 29.3 Å². The number of nitro groups is 1. The molecule has 2 N–H and O–H groups in total. The van der Waals surface area contributed by atoms with Gasteiger partial charge in [-0.05, 0) is 24.9 Å². The van der Waals surface area contributed by atoms with E-state index in [1.165, 1.54) is 12.1 Å². The third-order valence-electron chi connectivity index (χ3n) is 3.06. The Bertz CT molecular complexity index is 463. The smallest absolute Gasteiger partial charge is 0.269 e. The zero-order valence-electron chi connectivity index (χ0n) is 11.7. The highest BCUT2D eigenvalue weighted by molar-refractivity contribution is 5.75. The van der Waals surface area contributed by atoms with Crippen molar-refractivity contribution in [2.45, 2.75) is 32.2 Å². The number of non-ortho nitro benzene ring substituents is 1. The molecule has 0 aliphatic heterocycles. The normalized spacial score (nSPS) is 10.3. The monoisotopic (exact) mass is 279 g/mol. The molecule has 1 aromatic rings. The van der Waals surface area contributed by atoms with Crippen molar-refractivity contribution >= 4 is 11.6 Å². The van der Waals surface area contributed by atoms with E-state index in [-0.39, 0.29) is 11.6 Å². The fraction of sp³-hybridized carbons (Fsp3) is 0.500. The van der Waals surface area contributed by atoms with Crippen LogP contribution in [0.15, 0.2) is 24.3 Å². The highest BCUT2D eigenvalue weighted by Gasteiger charge is 2.11. The molecule has 0 atom stereocenters. The SMILES string of the molecule is CN(Cc1cccc([N+](=O)[O-])c1)C(=O)CCCCCN. The van der Waals surface area contributed by atoms with Gasteiger partial charge in [-0.2, -0.15) is 0 Å². The number of hydrogen-bond acceptors (Lipinski definition) is 4. The van der Waals surface area contributed by atoms with E-state index in [1.54, 1.807) is 24.1 Å². The summed E-state index contributed by atoms with van der Waals surface area (Å²) in [7, 11) is 1.71. The lowest BCUT2D eigenvalue weighted by atomic mass is 10.1. The molecule has 0 fully saturated rings. The maximum atomic E-state index is 11.9. The van der Waals surface area contributed by atoms with Crippen LogP contribution in [0.4, 0.5) is 5.69 Å². The van der Waals surface area contributed by atoms with Gasteiger partial charge >= 0.3 is 0 Å². The summed E-state index contributed by atoms with van der Waals surface area (Å²) in [5.74, 6) is 0.0496. The average Bonchev–Trinajstić information content (AvgIpc) is 2.43. The summed E-state index contributed by atoms with van der Waals surface area (Å²) in [5, 5.41) is 10.7. The van der Waals surface area contributed by atoms with Gasteiger partial charge in [0.15, 0.2) is 0 Å². The topological polar surface area (TPSA) is 89.5 Å². The number of hydrogen-bond donors (Lipinski definition) is 1. The van der Waals surface area contributed by atoms with Gasteiger partial charge in [0.1, 0.15) is 0 Å². The third-order valence-corrected chi connectivity index (χ3v) is 3.06. The number of rotatable bonds is 8. The molecule has 0 saturated heterocycles. The van der Waals surface area contributed by atoms with E-state index < -0.39 is 4.92 Å². The Morgan fingerprint density at radius 3 is 2.75 bits per heavy atom. The molecule has 6 nitrogen and oxygen atoms in total. The second kappa shape index (κ2) is 8.27. The number of benzene rings is 1. The van der Waals surface area contributed by atoms with Crippen LogP contribution >= 0.6 is 0 Å². The molecule has 0 aromatic heterocycles. The molecular weight excluding hydrogens is 258 g/mol. The van der Waals surface area contributed by atoms with Crippen molar-refractivity contribution in [3.63, 3.8) is 0 Å². The molecule has 0 unspecified atom stereocenters. The summed E-state index contributed by atoms with van der Waals surface area (Å²) >= 11 is 0. The van der Waals surface area contributed by atoms with Gasteiger partial charge in [-0.25, -0.2) is 0 Å². The minimum absolute atomic E-state index is 0.0475. The Kier molecular flexibility index (Phi) is 6.66. The third kappa shape index (κ3) is 5.36. The van der Waals surface area contributed by atoms with E-state index in [0.29, 0.717) is 19.5 Å². The average molecular weight is 279 g/mol. The molecule has 6 heteroatoms. The summed E-state index contributed by atoms with van der Waals surface area (Å²) in [6.07, 6.45) is 3.20. The second-order valence-corrected chi connectivity index (χ2v) is 4.78. The zero-order chi connectivity index (χ0) is 15.0. The highest BCUT2D eigenvalue weighted by atomic mass is 16.6. The molecular formula is C14H21N3O3. The van der Waals surface area contributed by atoms with Gasteiger partial charge in [0.25, 0.3) is 5.69 Å². The van der Waals surface area contributed by atoms with Gasteiger partial charge in [0.2, 0.25) is 5.91 Å². The molecule has 0 spiro atoms. The lowest BCUT2D eigenvalue weighted by Gasteiger charge is -2.17. The standard InChI is InChI=1S/C14H21N3O3/c1-16(14(18)8-3-2-4-9-15)11-12-6-5-7-13(10-12)17(19)20/h5-7,10H,2-4,8-9,11,15H2,1H3. The van der Waals surface area contributed by atoms with Crippen molar-refractivity contribution in [2.24, 2.45) is 5.73 Å². The molecule has 0 saturated carbocycles. The van der Waals surface area contributed by atoms with Crippen LogP contribution in [0.3, 0.4) is 0 Å². The lowest BCUT2D eigenvalue weighted by molar-refractivity contribution is -0.384. The summed E-state index contributed by atoms with van der Waals surface area (Å²) < 4.78 is 0. The van der Waals surface area contributed by atoms with E-state index in [4.69, 9.17) is 5.73 Å². The maximum Gasteiger partial charge on any atom is 0.269 e. The fourth-order valence-electron chi connectivity index (χ4n) is 1.92. The first-order valence-corrected chi connectivity index (χ1v) is 6.72. The fourth-order valence-corrected chi connectivity index (χ4v) is 1.92. The predicted molar refractivity (Wildman–Crippen MR) is 77.1 cm³/mol. The number of nitrogens with two attached hydrogens (primary N) is 1. The quantitative estimate of drug-likeness (QED) is 0.448. The maximum absolute atomic E-state index is 11.9. The number of nitro benzene ring substituents is 1. The van der Waals surface area contributed by atoms with E-state index in [2.05, 4.69) is 0 Å². The first kappa shape index (κ1) is 16.1. The van der Waals surface area contributed by atoms with Crippen molar-refractivity contribution < 1.29 is 9.72 Å². The molecule has 1 rings (SSSR count). The molecule has 1 amide bonds. The summed E-state index contributed by atoms with van der Waals surface area (Å²) in [4.78, 5) is 23.7. The first-order valence-electron chi connectivity index (χ1n) is 6.72. The minimum Gasteiger partial charge on any atom is -0.341 e. The Balaban J connectivity index is 2.48. The van der Waals surface area contributed by atoms with Crippen LogP contribution < -0.4 is 5.73 Å². The Morgan fingerprint density at radius 1 is 1.35 bits per heavy atom.